The highest BCUT2D eigenvalue weighted by Gasteiger charge is 2.00. The van der Waals surface area contributed by atoms with E-state index in [2.05, 4.69) is 43.8 Å². The molecule has 2 aromatic rings. The summed E-state index contributed by atoms with van der Waals surface area (Å²) < 4.78 is 7.79. The van der Waals surface area contributed by atoms with Crippen LogP contribution < -0.4 is 10.1 Å². The number of benzene rings is 2. The maximum Gasteiger partial charge on any atom is 0.119 e. The SMILES string of the molecule is Clc1cc(I)ccc1NCCOc1ccc(Br)cc1. The predicted octanol–water partition coefficient (Wildman–Crippen LogP) is 5.20. The second-order valence-corrected chi connectivity index (χ2v) is 6.42. The van der Waals surface area contributed by atoms with Crippen LogP contribution in [0, 0.1) is 3.57 Å². The molecule has 0 spiro atoms. The number of halogens is 3. The molecule has 100 valence electrons. The first-order chi connectivity index (χ1) is 9.15. The molecule has 0 fully saturated rings. The Morgan fingerprint density at radius 1 is 1.16 bits per heavy atom. The van der Waals surface area contributed by atoms with E-state index in [4.69, 9.17) is 16.3 Å². The average molecular weight is 453 g/mol. The number of ether oxygens (including phenoxy) is 1. The lowest BCUT2D eigenvalue weighted by atomic mass is 10.3. The Bertz CT molecular complexity index is 548. The molecule has 2 aromatic carbocycles. The van der Waals surface area contributed by atoms with Crippen LogP contribution in [0.15, 0.2) is 46.9 Å². The Balaban J connectivity index is 1.79. The molecular formula is C14H12BrClINO. The Labute approximate surface area is 139 Å². The molecule has 5 heteroatoms. The highest BCUT2D eigenvalue weighted by atomic mass is 127. The molecule has 0 saturated heterocycles. The van der Waals surface area contributed by atoms with Crippen molar-refractivity contribution in [3.63, 3.8) is 0 Å². The highest BCUT2D eigenvalue weighted by molar-refractivity contribution is 14.1. The summed E-state index contributed by atoms with van der Waals surface area (Å²) in [6.07, 6.45) is 0. The normalized spacial score (nSPS) is 10.3. The highest BCUT2D eigenvalue weighted by Crippen LogP contribution is 2.23. The molecule has 0 aliphatic carbocycles. The number of hydrogen-bond acceptors (Lipinski definition) is 2. The van der Waals surface area contributed by atoms with Gasteiger partial charge in [0.15, 0.2) is 0 Å². The van der Waals surface area contributed by atoms with E-state index < -0.39 is 0 Å². The Morgan fingerprint density at radius 3 is 2.58 bits per heavy atom. The Kier molecular flexibility index (Phi) is 5.78. The summed E-state index contributed by atoms with van der Waals surface area (Å²) in [5.41, 5.74) is 0.932. The molecule has 2 rings (SSSR count). The Hall–Kier alpha value is -0.460. The first kappa shape index (κ1) is 14.9. The van der Waals surface area contributed by atoms with Crippen LogP contribution in [-0.2, 0) is 0 Å². The summed E-state index contributed by atoms with van der Waals surface area (Å²) >= 11 is 11.8. The number of anilines is 1. The molecule has 0 amide bonds. The molecule has 0 saturated carbocycles. The summed E-state index contributed by atoms with van der Waals surface area (Å²) in [4.78, 5) is 0. The third kappa shape index (κ3) is 4.85. The van der Waals surface area contributed by atoms with Crippen molar-refractivity contribution in [1.82, 2.24) is 0 Å². The minimum atomic E-state index is 0.587. The molecular weight excluding hydrogens is 440 g/mol. The van der Waals surface area contributed by atoms with E-state index in [1.807, 2.05) is 42.5 Å². The van der Waals surface area contributed by atoms with Gasteiger partial charge in [0.05, 0.1) is 10.7 Å². The van der Waals surface area contributed by atoms with Crippen LogP contribution in [0.2, 0.25) is 5.02 Å². The van der Waals surface area contributed by atoms with E-state index in [9.17, 15) is 0 Å². The zero-order valence-electron chi connectivity index (χ0n) is 10.00. The quantitative estimate of drug-likeness (QED) is 0.498. The third-order valence-corrected chi connectivity index (χ3v) is 3.94. The van der Waals surface area contributed by atoms with Crippen LogP contribution >= 0.6 is 50.1 Å². The van der Waals surface area contributed by atoms with E-state index in [1.54, 1.807) is 0 Å². The monoisotopic (exact) mass is 451 g/mol. The van der Waals surface area contributed by atoms with Gasteiger partial charge in [0, 0.05) is 14.6 Å². The van der Waals surface area contributed by atoms with E-state index in [0.717, 1.165) is 24.5 Å². The van der Waals surface area contributed by atoms with Crippen molar-refractivity contribution in [2.24, 2.45) is 0 Å². The zero-order chi connectivity index (χ0) is 13.7. The van der Waals surface area contributed by atoms with Gasteiger partial charge in [0.2, 0.25) is 0 Å². The van der Waals surface area contributed by atoms with Gasteiger partial charge in [-0.05, 0) is 65.1 Å². The molecule has 2 nitrogen and oxygen atoms in total. The molecule has 0 aliphatic heterocycles. The van der Waals surface area contributed by atoms with Crippen LogP contribution in [0.3, 0.4) is 0 Å². The molecule has 0 aliphatic rings. The van der Waals surface area contributed by atoms with Crippen molar-refractivity contribution < 1.29 is 4.74 Å². The van der Waals surface area contributed by atoms with Gasteiger partial charge in [0.1, 0.15) is 12.4 Å². The van der Waals surface area contributed by atoms with E-state index >= 15 is 0 Å². The lowest BCUT2D eigenvalue weighted by Gasteiger charge is -2.10. The van der Waals surface area contributed by atoms with Gasteiger partial charge in [-0.15, -0.1) is 0 Å². The van der Waals surface area contributed by atoms with Gasteiger partial charge in [-0.1, -0.05) is 27.5 Å². The predicted molar refractivity (Wildman–Crippen MR) is 92.3 cm³/mol. The topological polar surface area (TPSA) is 21.3 Å². The smallest absolute Gasteiger partial charge is 0.119 e. The van der Waals surface area contributed by atoms with Crippen molar-refractivity contribution in [3.05, 3.63) is 55.5 Å². The van der Waals surface area contributed by atoms with Gasteiger partial charge < -0.3 is 10.1 Å². The van der Waals surface area contributed by atoms with Crippen molar-refractivity contribution in [2.75, 3.05) is 18.5 Å². The van der Waals surface area contributed by atoms with Gasteiger partial charge in [-0.2, -0.15) is 0 Å². The lowest BCUT2D eigenvalue weighted by molar-refractivity contribution is 0.333. The van der Waals surface area contributed by atoms with Crippen molar-refractivity contribution in [1.29, 1.82) is 0 Å². The molecule has 0 bridgehead atoms. The first-order valence-electron chi connectivity index (χ1n) is 5.72. The molecule has 0 heterocycles. The average Bonchev–Trinajstić information content (AvgIpc) is 2.39. The van der Waals surface area contributed by atoms with Crippen LogP contribution in [0.1, 0.15) is 0 Å². The summed E-state index contributed by atoms with van der Waals surface area (Å²) in [6.45, 7) is 1.29. The second-order valence-electron chi connectivity index (χ2n) is 3.85. The standard InChI is InChI=1S/C14H12BrClINO/c15-10-1-4-12(5-2-10)19-8-7-18-14-6-3-11(17)9-13(14)16/h1-6,9,18H,7-8H2. The van der Waals surface area contributed by atoms with Crippen molar-refractivity contribution >= 4 is 55.8 Å². The summed E-state index contributed by atoms with van der Waals surface area (Å²) in [7, 11) is 0. The van der Waals surface area contributed by atoms with Crippen LogP contribution in [0.4, 0.5) is 5.69 Å². The number of hydrogen-bond donors (Lipinski definition) is 1. The lowest BCUT2D eigenvalue weighted by Crippen LogP contribution is -2.11. The molecule has 1 N–H and O–H groups in total. The fourth-order valence-corrected chi connectivity index (χ4v) is 2.71. The fraction of sp³-hybridized carbons (Fsp3) is 0.143. The summed E-state index contributed by atoms with van der Waals surface area (Å²) in [5.74, 6) is 0.860. The second kappa shape index (κ2) is 7.36. The molecule has 0 atom stereocenters. The van der Waals surface area contributed by atoms with Crippen LogP contribution in [-0.4, -0.2) is 13.2 Å². The maximum atomic E-state index is 6.13. The molecule has 0 radical (unpaired) electrons. The fourth-order valence-electron chi connectivity index (χ4n) is 1.52. The number of nitrogens with one attached hydrogen (secondary N) is 1. The van der Waals surface area contributed by atoms with Crippen LogP contribution in [0.25, 0.3) is 0 Å². The van der Waals surface area contributed by atoms with E-state index in [1.165, 1.54) is 0 Å². The van der Waals surface area contributed by atoms with E-state index in [0.29, 0.717) is 13.2 Å². The van der Waals surface area contributed by atoms with Gasteiger partial charge in [0.25, 0.3) is 0 Å². The minimum Gasteiger partial charge on any atom is -0.492 e. The molecule has 0 aromatic heterocycles. The van der Waals surface area contributed by atoms with E-state index in [-0.39, 0.29) is 0 Å². The number of rotatable bonds is 5. The van der Waals surface area contributed by atoms with Gasteiger partial charge in [-0.3, -0.25) is 0 Å². The minimum absolute atomic E-state index is 0.587. The summed E-state index contributed by atoms with van der Waals surface area (Å²) in [6, 6.07) is 13.7. The van der Waals surface area contributed by atoms with Crippen molar-refractivity contribution in [2.45, 2.75) is 0 Å². The summed E-state index contributed by atoms with van der Waals surface area (Å²) in [5, 5.41) is 3.98. The largest absolute Gasteiger partial charge is 0.492 e. The van der Waals surface area contributed by atoms with Gasteiger partial charge >= 0.3 is 0 Å². The maximum absolute atomic E-state index is 6.13. The molecule has 0 unspecified atom stereocenters. The third-order valence-electron chi connectivity index (χ3n) is 2.43. The van der Waals surface area contributed by atoms with Gasteiger partial charge in [-0.25, -0.2) is 0 Å². The Morgan fingerprint density at radius 2 is 1.89 bits per heavy atom. The first-order valence-corrected chi connectivity index (χ1v) is 7.97. The molecule has 19 heavy (non-hydrogen) atoms. The van der Waals surface area contributed by atoms with Crippen molar-refractivity contribution in [3.8, 4) is 5.75 Å². The van der Waals surface area contributed by atoms with Crippen LogP contribution in [0.5, 0.6) is 5.75 Å². The zero-order valence-corrected chi connectivity index (χ0v) is 14.5.